The number of aromatic nitrogens is 2. The molecule has 0 atom stereocenters. The number of ether oxygens (including phenoxy) is 1. The number of aryl methyl sites for hydroxylation is 1. The van der Waals surface area contributed by atoms with E-state index >= 15 is 0 Å². The van der Waals surface area contributed by atoms with Gasteiger partial charge in [-0.3, -0.25) is 19.1 Å². The lowest BCUT2D eigenvalue weighted by Gasteiger charge is -2.34. The molecule has 208 valence electrons. The Hall–Kier alpha value is -4.39. The molecule has 40 heavy (non-hydrogen) atoms. The summed E-state index contributed by atoms with van der Waals surface area (Å²) < 4.78 is 46.8. The Labute approximate surface area is 230 Å². The summed E-state index contributed by atoms with van der Waals surface area (Å²) in [5, 5.41) is 3.44. The largest absolute Gasteiger partial charge is 0.488 e. The fourth-order valence-corrected chi connectivity index (χ4v) is 5.60. The highest BCUT2D eigenvalue weighted by molar-refractivity contribution is 7.20. The van der Waals surface area contributed by atoms with Crippen molar-refractivity contribution in [3.05, 3.63) is 81.9 Å². The van der Waals surface area contributed by atoms with Crippen molar-refractivity contribution >= 4 is 39.3 Å². The molecule has 0 saturated carbocycles. The molecule has 0 unspecified atom stereocenters. The molecule has 1 aliphatic rings. The van der Waals surface area contributed by atoms with Gasteiger partial charge in [0.2, 0.25) is 0 Å². The van der Waals surface area contributed by atoms with Gasteiger partial charge in [-0.2, -0.15) is 18.3 Å². The first-order chi connectivity index (χ1) is 19.0. The summed E-state index contributed by atoms with van der Waals surface area (Å²) in [6.07, 6.45) is -4.62. The monoisotopic (exact) mass is 571 g/mol. The molecular formula is C27H24F3N5O4S. The van der Waals surface area contributed by atoms with E-state index in [1.165, 1.54) is 18.0 Å². The summed E-state index contributed by atoms with van der Waals surface area (Å²) in [6.45, 7) is 1.16. The molecule has 9 nitrogen and oxygen atoms in total. The molecule has 1 saturated heterocycles. The van der Waals surface area contributed by atoms with Gasteiger partial charge in [-0.25, -0.2) is 0 Å². The maximum absolute atomic E-state index is 13.3. The van der Waals surface area contributed by atoms with E-state index < -0.39 is 17.8 Å². The Morgan fingerprint density at radius 1 is 0.975 bits per heavy atom. The van der Waals surface area contributed by atoms with Crippen LogP contribution in [0, 0.1) is 0 Å². The van der Waals surface area contributed by atoms with Gasteiger partial charge < -0.3 is 20.3 Å². The third-order valence-electron chi connectivity index (χ3n) is 6.57. The van der Waals surface area contributed by atoms with E-state index in [-0.39, 0.29) is 65.3 Å². The van der Waals surface area contributed by atoms with Gasteiger partial charge in [0.15, 0.2) is 5.69 Å². The van der Waals surface area contributed by atoms with E-state index in [4.69, 9.17) is 10.5 Å². The number of hydrogen-bond acceptors (Lipinski definition) is 6. The van der Waals surface area contributed by atoms with Crippen LogP contribution < -0.4 is 10.5 Å². The van der Waals surface area contributed by atoms with Crippen LogP contribution in [0.1, 0.15) is 41.6 Å². The van der Waals surface area contributed by atoms with Gasteiger partial charge in [0, 0.05) is 44.2 Å². The predicted octanol–water partition coefficient (Wildman–Crippen LogP) is 3.93. The van der Waals surface area contributed by atoms with E-state index in [0.29, 0.717) is 11.3 Å². The fraction of sp³-hybridized carbons (Fsp3) is 0.259. The van der Waals surface area contributed by atoms with Crippen molar-refractivity contribution < 1.29 is 32.3 Å². The van der Waals surface area contributed by atoms with Crippen molar-refractivity contribution in [1.29, 1.82) is 0 Å². The van der Waals surface area contributed by atoms with Gasteiger partial charge in [0.25, 0.3) is 17.7 Å². The highest BCUT2D eigenvalue weighted by Gasteiger charge is 2.38. The molecule has 2 aromatic carbocycles. The number of rotatable bonds is 6. The number of alkyl halides is 3. The summed E-state index contributed by atoms with van der Waals surface area (Å²) in [7, 11) is 1.41. The molecule has 13 heteroatoms. The maximum atomic E-state index is 13.3. The van der Waals surface area contributed by atoms with Crippen LogP contribution in [0.4, 0.5) is 13.2 Å². The molecule has 5 rings (SSSR count). The number of piperazine rings is 1. The van der Waals surface area contributed by atoms with Crippen LogP contribution in [0.3, 0.4) is 0 Å². The Morgan fingerprint density at radius 2 is 1.65 bits per heavy atom. The van der Waals surface area contributed by atoms with Crippen LogP contribution in [0.25, 0.3) is 10.2 Å². The zero-order valence-electron chi connectivity index (χ0n) is 21.3. The molecule has 2 aromatic heterocycles. The van der Waals surface area contributed by atoms with E-state index in [2.05, 4.69) is 5.10 Å². The van der Waals surface area contributed by atoms with Gasteiger partial charge in [0.05, 0.1) is 10.4 Å². The molecule has 2 N–H and O–H groups in total. The average molecular weight is 572 g/mol. The van der Waals surface area contributed by atoms with Crippen LogP contribution >= 0.6 is 11.3 Å². The Bertz CT molecular complexity index is 1610. The number of thiophene rings is 1. The minimum absolute atomic E-state index is 0.0980. The molecule has 4 aromatic rings. The number of para-hydroxylation sites is 1. The molecule has 0 aliphatic carbocycles. The average Bonchev–Trinajstić information content (AvgIpc) is 3.51. The predicted molar refractivity (Wildman–Crippen MR) is 141 cm³/mol. The molecule has 0 bridgehead atoms. The second-order valence-electron chi connectivity index (χ2n) is 9.23. The number of amides is 3. The number of nitrogens with two attached hydrogens (primary N) is 1. The Kier molecular flexibility index (Phi) is 7.23. The number of benzene rings is 2. The number of halogens is 3. The third kappa shape index (κ3) is 5.37. The zero-order chi connectivity index (χ0) is 28.6. The first-order valence-electron chi connectivity index (χ1n) is 12.3. The SMILES string of the molecule is Cn1nc(C(F)(F)F)c2cc(C(=O)N3CCN(C(=O)c4cccc(COc5ccccc5C(N)=O)c4)CC3)sc21. The lowest BCUT2D eigenvalue weighted by molar-refractivity contribution is -0.140. The quantitative estimate of drug-likeness (QED) is 0.377. The summed E-state index contributed by atoms with van der Waals surface area (Å²) >= 11 is 0.965. The molecule has 1 aliphatic heterocycles. The van der Waals surface area contributed by atoms with Gasteiger partial charge in [0.1, 0.15) is 17.2 Å². The number of carbonyl (C=O) groups is 3. The lowest BCUT2D eigenvalue weighted by atomic mass is 10.1. The fourth-order valence-electron chi connectivity index (χ4n) is 4.56. The van der Waals surface area contributed by atoms with Crippen LogP contribution in [-0.4, -0.2) is 63.5 Å². The standard InChI is InChI=1S/C27H24F3N5O4S/c1-33-26-19(22(32-33)27(28,29)30)14-21(40-26)25(38)35-11-9-34(10-12-35)24(37)17-6-4-5-16(13-17)15-39-20-8-3-2-7-18(20)23(31)36/h2-8,13-14H,9-12,15H2,1H3,(H2,31,36). The zero-order valence-corrected chi connectivity index (χ0v) is 22.1. The molecule has 3 heterocycles. The summed E-state index contributed by atoms with van der Waals surface area (Å²) in [6, 6.07) is 14.8. The van der Waals surface area contributed by atoms with Crippen molar-refractivity contribution in [3.63, 3.8) is 0 Å². The van der Waals surface area contributed by atoms with Crippen molar-refractivity contribution in [1.82, 2.24) is 19.6 Å². The molecule has 0 spiro atoms. The van der Waals surface area contributed by atoms with E-state index in [1.54, 1.807) is 53.4 Å². The highest BCUT2D eigenvalue weighted by atomic mass is 32.1. The van der Waals surface area contributed by atoms with Crippen LogP contribution in [0.15, 0.2) is 54.6 Å². The molecule has 0 radical (unpaired) electrons. The normalized spacial score (nSPS) is 14.0. The summed E-state index contributed by atoms with van der Waals surface area (Å²) in [4.78, 5) is 41.5. The number of hydrogen-bond donors (Lipinski definition) is 1. The summed E-state index contributed by atoms with van der Waals surface area (Å²) in [5.41, 5.74) is 5.80. The number of primary amides is 1. The van der Waals surface area contributed by atoms with Gasteiger partial charge in [-0.15, -0.1) is 11.3 Å². The van der Waals surface area contributed by atoms with E-state index in [9.17, 15) is 27.6 Å². The smallest absolute Gasteiger partial charge is 0.435 e. The lowest BCUT2D eigenvalue weighted by Crippen LogP contribution is -2.50. The van der Waals surface area contributed by atoms with Crippen LogP contribution in [0.2, 0.25) is 0 Å². The minimum Gasteiger partial charge on any atom is -0.488 e. The van der Waals surface area contributed by atoms with Crippen molar-refractivity contribution in [2.75, 3.05) is 26.2 Å². The summed E-state index contributed by atoms with van der Waals surface area (Å²) in [5.74, 6) is -0.851. The topological polar surface area (TPSA) is 111 Å². The van der Waals surface area contributed by atoms with Crippen molar-refractivity contribution in [3.8, 4) is 5.75 Å². The van der Waals surface area contributed by atoms with Gasteiger partial charge in [-0.05, 0) is 35.9 Å². The highest BCUT2D eigenvalue weighted by Crippen LogP contribution is 2.37. The number of carbonyl (C=O) groups excluding carboxylic acids is 3. The second-order valence-corrected chi connectivity index (χ2v) is 10.3. The maximum Gasteiger partial charge on any atom is 0.435 e. The third-order valence-corrected chi connectivity index (χ3v) is 7.76. The second kappa shape index (κ2) is 10.6. The number of fused-ring (bicyclic) bond motifs is 1. The van der Waals surface area contributed by atoms with Crippen molar-refractivity contribution in [2.45, 2.75) is 12.8 Å². The molecular weight excluding hydrogens is 547 g/mol. The first kappa shape index (κ1) is 27.2. The Morgan fingerprint density at radius 3 is 2.33 bits per heavy atom. The van der Waals surface area contributed by atoms with E-state index in [0.717, 1.165) is 21.6 Å². The molecule has 1 fully saturated rings. The van der Waals surface area contributed by atoms with Crippen LogP contribution in [-0.2, 0) is 19.8 Å². The van der Waals surface area contributed by atoms with Gasteiger partial charge >= 0.3 is 6.18 Å². The minimum atomic E-state index is -4.62. The Balaban J connectivity index is 1.22. The van der Waals surface area contributed by atoms with E-state index in [1.807, 2.05) is 0 Å². The first-order valence-corrected chi connectivity index (χ1v) is 13.1. The number of nitrogens with zero attached hydrogens (tertiary/aromatic N) is 4. The molecule has 3 amide bonds. The van der Waals surface area contributed by atoms with Gasteiger partial charge in [-0.1, -0.05) is 24.3 Å². The van der Waals surface area contributed by atoms with Crippen molar-refractivity contribution in [2.24, 2.45) is 12.8 Å². The van der Waals surface area contributed by atoms with Crippen LogP contribution in [0.5, 0.6) is 5.75 Å².